The van der Waals surface area contributed by atoms with Crippen molar-refractivity contribution >= 4 is 5.91 Å². The molecule has 1 aromatic rings. The lowest BCUT2D eigenvalue weighted by Gasteiger charge is -2.25. The maximum Gasteiger partial charge on any atom is 0.236 e. The van der Waals surface area contributed by atoms with Crippen LogP contribution in [0.5, 0.6) is 0 Å². The Morgan fingerprint density at radius 3 is 2.33 bits per heavy atom. The summed E-state index contributed by atoms with van der Waals surface area (Å²) < 4.78 is 26.0. The van der Waals surface area contributed by atoms with Gasteiger partial charge in [0.2, 0.25) is 5.91 Å². The number of amides is 1. The number of rotatable bonds is 4. The lowest BCUT2D eigenvalue weighted by Crippen LogP contribution is -2.35. The van der Waals surface area contributed by atoms with Gasteiger partial charge in [-0.05, 0) is 31.7 Å². The van der Waals surface area contributed by atoms with Gasteiger partial charge in [0.1, 0.15) is 0 Å². The first-order chi connectivity index (χ1) is 8.32. The van der Waals surface area contributed by atoms with Crippen LogP contribution in [0.25, 0.3) is 0 Å². The Bertz CT molecular complexity index is 435. The highest BCUT2D eigenvalue weighted by molar-refractivity contribution is 5.77. The average Bonchev–Trinajstić information content (AvgIpc) is 2.31. The zero-order chi connectivity index (χ0) is 13.9. The van der Waals surface area contributed by atoms with Crippen molar-refractivity contribution in [2.24, 2.45) is 0 Å². The molecular weight excluding hydrogens is 238 g/mol. The molecule has 0 aromatic heterocycles. The van der Waals surface area contributed by atoms with Crippen molar-refractivity contribution in [2.45, 2.75) is 13.0 Å². The fourth-order valence-corrected chi connectivity index (χ4v) is 1.52. The molecule has 0 radical (unpaired) electrons. The van der Waals surface area contributed by atoms with E-state index in [1.807, 2.05) is 6.92 Å². The Morgan fingerprint density at radius 1 is 1.22 bits per heavy atom. The molecule has 0 fully saturated rings. The first-order valence-electron chi connectivity index (χ1n) is 5.68. The number of halogens is 2. The van der Waals surface area contributed by atoms with Crippen LogP contribution in [0.1, 0.15) is 18.5 Å². The van der Waals surface area contributed by atoms with Gasteiger partial charge >= 0.3 is 0 Å². The minimum atomic E-state index is -0.869. The number of likely N-dealkylation sites (N-methyl/N-ethyl adjacent to an activating group) is 2. The van der Waals surface area contributed by atoms with Crippen LogP contribution in [-0.2, 0) is 4.79 Å². The molecule has 3 nitrogen and oxygen atoms in total. The van der Waals surface area contributed by atoms with Crippen molar-refractivity contribution < 1.29 is 13.6 Å². The minimum absolute atomic E-state index is 0.0352. The van der Waals surface area contributed by atoms with Gasteiger partial charge in [-0.1, -0.05) is 6.07 Å². The van der Waals surface area contributed by atoms with Gasteiger partial charge in [-0.15, -0.1) is 0 Å². The standard InChI is InChI=1S/C13H18F2N2O/c1-9(17(4)8-13(18)16(2)3)10-5-6-11(14)12(15)7-10/h5-7,9H,8H2,1-4H3. The van der Waals surface area contributed by atoms with E-state index in [0.717, 1.165) is 12.1 Å². The van der Waals surface area contributed by atoms with Crippen LogP contribution >= 0.6 is 0 Å². The van der Waals surface area contributed by atoms with Gasteiger partial charge in [-0.2, -0.15) is 0 Å². The second kappa shape index (κ2) is 5.91. The van der Waals surface area contributed by atoms with E-state index in [2.05, 4.69) is 0 Å². The lowest BCUT2D eigenvalue weighted by atomic mass is 10.1. The van der Waals surface area contributed by atoms with Gasteiger partial charge in [0.15, 0.2) is 11.6 Å². The van der Waals surface area contributed by atoms with Crippen molar-refractivity contribution in [1.29, 1.82) is 0 Å². The highest BCUT2D eigenvalue weighted by atomic mass is 19.2. The maximum atomic E-state index is 13.1. The molecule has 1 amide bonds. The minimum Gasteiger partial charge on any atom is -0.348 e. The summed E-state index contributed by atoms with van der Waals surface area (Å²) in [7, 11) is 5.13. The number of carbonyl (C=O) groups excluding carboxylic acids is 1. The van der Waals surface area contributed by atoms with Crippen LogP contribution < -0.4 is 0 Å². The van der Waals surface area contributed by atoms with Gasteiger partial charge in [-0.25, -0.2) is 8.78 Å². The van der Waals surface area contributed by atoms with Crippen molar-refractivity contribution in [3.8, 4) is 0 Å². The summed E-state index contributed by atoms with van der Waals surface area (Å²) in [6.07, 6.45) is 0. The average molecular weight is 256 g/mol. The Morgan fingerprint density at radius 2 is 1.83 bits per heavy atom. The molecule has 0 bridgehead atoms. The topological polar surface area (TPSA) is 23.6 Å². The van der Waals surface area contributed by atoms with Gasteiger partial charge in [0.05, 0.1) is 6.54 Å². The molecule has 1 rings (SSSR count). The molecule has 0 saturated carbocycles. The lowest BCUT2D eigenvalue weighted by molar-refractivity contribution is -0.130. The van der Waals surface area contributed by atoms with Crippen molar-refractivity contribution in [1.82, 2.24) is 9.80 Å². The molecule has 1 aromatic carbocycles. The molecular formula is C13H18F2N2O. The zero-order valence-electron chi connectivity index (χ0n) is 11.1. The maximum absolute atomic E-state index is 13.1. The third kappa shape index (κ3) is 3.50. The molecule has 0 aliphatic carbocycles. The molecule has 0 saturated heterocycles. The van der Waals surface area contributed by atoms with Gasteiger partial charge in [0.25, 0.3) is 0 Å². The Labute approximate surface area is 106 Å². The van der Waals surface area contributed by atoms with Crippen LogP contribution in [0.3, 0.4) is 0 Å². The first kappa shape index (κ1) is 14.6. The monoisotopic (exact) mass is 256 g/mol. The third-order valence-electron chi connectivity index (χ3n) is 2.97. The fraction of sp³-hybridized carbons (Fsp3) is 0.462. The zero-order valence-corrected chi connectivity index (χ0v) is 11.1. The highest BCUT2D eigenvalue weighted by Gasteiger charge is 2.17. The van der Waals surface area contributed by atoms with Gasteiger partial charge < -0.3 is 4.90 Å². The van der Waals surface area contributed by atoms with Crippen molar-refractivity contribution in [3.63, 3.8) is 0 Å². The summed E-state index contributed by atoms with van der Waals surface area (Å²) in [5.41, 5.74) is 0.642. The van der Waals surface area contributed by atoms with Crippen molar-refractivity contribution in [3.05, 3.63) is 35.4 Å². The summed E-state index contributed by atoms with van der Waals surface area (Å²) in [6, 6.07) is 3.63. The smallest absolute Gasteiger partial charge is 0.236 e. The number of benzene rings is 1. The normalized spacial score (nSPS) is 12.6. The van der Waals surface area contributed by atoms with Crippen LogP contribution in [0.15, 0.2) is 18.2 Å². The summed E-state index contributed by atoms with van der Waals surface area (Å²) in [6.45, 7) is 2.07. The molecule has 0 aliphatic heterocycles. The van der Waals surface area contributed by atoms with E-state index in [1.165, 1.54) is 11.0 Å². The molecule has 5 heteroatoms. The predicted molar refractivity (Wildman–Crippen MR) is 66.1 cm³/mol. The Hall–Kier alpha value is -1.49. The second-order valence-electron chi connectivity index (χ2n) is 4.55. The first-order valence-corrected chi connectivity index (χ1v) is 5.68. The van der Waals surface area contributed by atoms with E-state index in [0.29, 0.717) is 5.56 Å². The van der Waals surface area contributed by atoms with E-state index in [1.54, 1.807) is 26.0 Å². The summed E-state index contributed by atoms with van der Waals surface area (Å²) in [4.78, 5) is 14.8. The molecule has 100 valence electrons. The molecule has 0 aliphatic rings. The van der Waals surface area contributed by atoms with E-state index < -0.39 is 11.6 Å². The van der Waals surface area contributed by atoms with Crippen LogP contribution in [0.2, 0.25) is 0 Å². The van der Waals surface area contributed by atoms with Crippen molar-refractivity contribution in [2.75, 3.05) is 27.7 Å². The predicted octanol–water partition coefficient (Wildman–Crippen LogP) is 2.05. The highest BCUT2D eigenvalue weighted by Crippen LogP contribution is 2.20. The molecule has 18 heavy (non-hydrogen) atoms. The number of carbonyl (C=O) groups is 1. The Kier molecular flexibility index (Phi) is 4.78. The molecule has 0 spiro atoms. The van der Waals surface area contributed by atoms with Crippen LogP contribution in [0.4, 0.5) is 8.78 Å². The second-order valence-corrected chi connectivity index (χ2v) is 4.55. The van der Waals surface area contributed by atoms with E-state index in [9.17, 15) is 13.6 Å². The van der Waals surface area contributed by atoms with Crippen LogP contribution in [-0.4, -0.2) is 43.4 Å². The van der Waals surface area contributed by atoms with Gasteiger partial charge in [0, 0.05) is 20.1 Å². The van der Waals surface area contributed by atoms with Crippen LogP contribution in [0, 0.1) is 11.6 Å². The van der Waals surface area contributed by atoms with E-state index >= 15 is 0 Å². The summed E-state index contributed by atoms with van der Waals surface area (Å²) >= 11 is 0. The van der Waals surface area contributed by atoms with E-state index in [-0.39, 0.29) is 18.5 Å². The quantitative estimate of drug-likeness (QED) is 0.823. The fourth-order valence-electron chi connectivity index (χ4n) is 1.52. The number of hydrogen-bond donors (Lipinski definition) is 0. The molecule has 1 atom stereocenters. The van der Waals surface area contributed by atoms with E-state index in [4.69, 9.17) is 0 Å². The third-order valence-corrected chi connectivity index (χ3v) is 2.97. The number of hydrogen-bond acceptors (Lipinski definition) is 2. The molecule has 1 unspecified atom stereocenters. The largest absolute Gasteiger partial charge is 0.348 e. The molecule has 0 N–H and O–H groups in total. The van der Waals surface area contributed by atoms with Gasteiger partial charge in [-0.3, -0.25) is 9.69 Å². The Balaban J connectivity index is 2.76. The SMILES string of the molecule is CC(c1ccc(F)c(F)c1)N(C)CC(=O)N(C)C. The summed E-state index contributed by atoms with van der Waals surface area (Å²) in [5.74, 6) is -1.77. The summed E-state index contributed by atoms with van der Waals surface area (Å²) in [5, 5.41) is 0. The molecule has 0 heterocycles. The number of nitrogens with zero attached hydrogens (tertiary/aromatic N) is 2.